The molecular weight excluding hydrogens is 546 g/mol. The van der Waals surface area contributed by atoms with Gasteiger partial charge in [-0.3, -0.25) is 19.3 Å². The summed E-state index contributed by atoms with van der Waals surface area (Å²) in [4.78, 5) is 30.5. The lowest BCUT2D eigenvalue weighted by Crippen LogP contribution is -2.27. The van der Waals surface area contributed by atoms with Gasteiger partial charge < -0.3 is 19.9 Å². The highest BCUT2D eigenvalue weighted by Crippen LogP contribution is 2.33. The number of nitrogens with zero attached hydrogens (tertiary/aromatic N) is 3. The molecule has 3 aromatic carbocycles. The lowest BCUT2D eigenvalue weighted by atomic mass is 10.1. The Balaban J connectivity index is 1.35. The average molecular weight is 575 g/mol. The fourth-order valence-corrected chi connectivity index (χ4v) is 4.36. The molecule has 2 heterocycles. The summed E-state index contributed by atoms with van der Waals surface area (Å²) in [7, 11) is 1.61. The lowest BCUT2D eigenvalue weighted by molar-refractivity contribution is 0.0285. The summed E-state index contributed by atoms with van der Waals surface area (Å²) in [6, 6.07) is 15.9. The van der Waals surface area contributed by atoms with Gasteiger partial charge in [-0.15, -0.1) is 0 Å². The van der Waals surface area contributed by atoms with Gasteiger partial charge >= 0.3 is 0 Å². The van der Waals surface area contributed by atoms with Crippen molar-refractivity contribution in [3.63, 3.8) is 0 Å². The van der Waals surface area contributed by atoms with E-state index in [2.05, 4.69) is 10.3 Å². The molecule has 0 atom stereocenters. The Kier molecular flexibility index (Phi) is 7.53. The molecule has 0 aliphatic heterocycles. The number of ether oxygens (including phenoxy) is 2. The summed E-state index contributed by atoms with van der Waals surface area (Å²) in [5, 5.41) is 13.1. The second kappa shape index (κ2) is 11.1. The largest absolute Gasteiger partial charge is 0.491 e. The van der Waals surface area contributed by atoms with Crippen LogP contribution in [0.5, 0.6) is 17.2 Å². The maximum atomic E-state index is 15.1. The van der Waals surface area contributed by atoms with Crippen LogP contribution in [0.4, 0.5) is 14.5 Å². The molecule has 0 fully saturated rings. The third-order valence-corrected chi connectivity index (χ3v) is 6.53. The minimum absolute atomic E-state index is 0.0857. The van der Waals surface area contributed by atoms with E-state index in [4.69, 9.17) is 9.47 Å². The molecule has 2 N–H and O–H groups in total. The summed E-state index contributed by atoms with van der Waals surface area (Å²) >= 11 is 0. The number of aromatic nitrogens is 3. The predicted octanol–water partition coefficient (Wildman–Crippen LogP) is 5.51. The number of pyridine rings is 1. The third kappa shape index (κ3) is 5.86. The molecule has 0 saturated heterocycles. The van der Waals surface area contributed by atoms with E-state index < -0.39 is 28.7 Å². The normalized spacial score (nSPS) is 11.5. The van der Waals surface area contributed by atoms with Crippen molar-refractivity contribution in [3.05, 3.63) is 106 Å². The van der Waals surface area contributed by atoms with Crippen molar-refractivity contribution in [1.29, 1.82) is 0 Å². The number of hydrogen-bond acceptors (Lipinski definition) is 6. The molecule has 2 aromatic heterocycles. The highest BCUT2D eigenvalue weighted by Gasteiger charge is 2.23. The van der Waals surface area contributed by atoms with Crippen LogP contribution in [0.1, 0.15) is 29.9 Å². The van der Waals surface area contributed by atoms with Gasteiger partial charge in [-0.05, 0) is 75.4 Å². The third-order valence-electron chi connectivity index (χ3n) is 6.53. The number of amides is 1. The number of halogens is 2. The molecule has 0 spiro atoms. The number of carbonyl (C=O) groups excluding carboxylic acids is 1. The molecule has 9 nitrogen and oxygen atoms in total. The molecular formula is C31H28F2N4O5. The van der Waals surface area contributed by atoms with Crippen LogP contribution in [0, 0.1) is 18.6 Å². The lowest BCUT2D eigenvalue weighted by Gasteiger charge is -2.18. The number of rotatable bonds is 8. The number of fused-ring (bicyclic) bond motifs is 1. The van der Waals surface area contributed by atoms with E-state index >= 15 is 4.39 Å². The first-order chi connectivity index (χ1) is 19.9. The van der Waals surface area contributed by atoms with Crippen LogP contribution in [-0.2, 0) is 7.05 Å². The Bertz CT molecular complexity index is 1860. The van der Waals surface area contributed by atoms with E-state index in [9.17, 15) is 19.1 Å². The van der Waals surface area contributed by atoms with Crippen LogP contribution in [-0.4, -0.2) is 37.6 Å². The molecule has 0 unspecified atom stereocenters. The number of benzene rings is 3. The van der Waals surface area contributed by atoms with Gasteiger partial charge in [0.15, 0.2) is 11.6 Å². The van der Waals surface area contributed by atoms with Gasteiger partial charge in [-0.1, -0.05) is 0 Å². The molecule has 11 heteroatoms. The maximum Gasteiger partial charge on any atom is 0.284 e. The van der Waals surface area contributed by atoms with Gasteiger partial charge in [0.05, 0.1) is 22.5 Å². The summed E-state index contributed by atoms with van der Waals surface area (Å²) in [6.07, 6.45) is 1.52. The fourth-order valence-electron chi connectivity index (χ4n) is 4.36. The van der Waals surface area contributed by atoms with Gasteiger partial charge in [-0.25, -0.2) is 13.5 Å². The zero-order valence-electron chi connectivity index (χ0n) is 23.3. The van der Waals surface area contributed by atoms with Crippen molar-refractivity contribution in [2.75, 3.05) is 11.9 Å². The predicted molar refractivity (Wildman–Crippen MR) is 154 cm³/mol. The van der Waals surface area contributed by atoms with Gasteiger partial charge in [0.25, 0.3) is 11.5 Å². The highest BCUT2D eigenvalue weighted by molar-refractivity contribution is 6.05. The van der Waals surface area contributed by atoms with E-state index in [1.54, 1.807) is 52.1 Å². The highest BCUT2D eigenvalue weighted by atomic mass is 19.1. The first-order valence-corrected chi connectivity index (χ1v) is 13.0. The van der Waals surface area contributed by atoms with Crippen LogP contribution in [0.15, 0.2) is 77.7 Å². The smallest absolute Gasteiger partial charge is 0.284 e. The van der Waals surface area contributed by atoms with E-state index in [-0.39, 0.29) is 23.6 Å². The van der Waals surface area contributed by atoms with Gasteiger partial charge in [-0.2, -0.15) is 0 Å². The molecule has 0 radical (unpaired) electrons. The maximum absolute atomic E-state index is 15.1. The van der Waals surface area contributed by atoms with Crippen LogP contribution in [0.25, 0.3) is 16.6 Å². The molecule has 216 valence electrons. The molecule has 0 saturated carbocycles. The molecule has 42 heavy (non-hydrogen) atoms. The summed E-state index contributed by atoms with van der Waals surface area (Å²) in [5.74, 6) is -1.13. The average Bonchev–Trinajstić information content (AvgIpc) is 3.16. The number of nitrogens with one attached hydrogen (secondary N) is 1. The molecule has 5 rings (SSSR count). The number of anilines is 1. The Morgan fingerprint density at radius 3 is 2.45 bits per heavy atom. The van der Waals surface area contributed by atoms with Crippen molar-refractivity contribution in [2.24, 2.45) is 7.05 Å². The van der Waals surface area contributed by atoms with E-state index in [0.717, 1.165) is 6.07 Å². The molecule has 5 aromatic rings. The number of hydrogen-bond donors (Lipinski definition) is 2. The fraction of sp³-hybridized carbons (Fsp3) is 0.194. The van der Waals surface area contributed by atoms with Crippen molar-refractivity contribution < 1.29 is 28.2 Å². The van der Waals surface area contributed by atoms with Gasteiger partial charge in [0.2, 0.25) is 0 Å². The quantitative estimate of drug-likeness (QED) is 0.253. The monoisotopic (exact) mass is 574 g/mol. The second-order valence-corrected chi connectivity index (χ2v) is 10.4. The van der Waals surface area contributed by atoms with Crippen molar-refractivity contribution >= 4 is 22.5 Å². The molecule has 0 bridgehead atoms. The van der Waals surface area contributed by atoms with Crippen LogP contribution in [0.2, 0.25) is 0 Å². The summed E-state index contributed by atoms with van der Waals surface area (Å²) < 4.78 is 42.7. The second-order valence-electron chi connectivity index (χ2n) is 10.4. The molecule has 0 aliphatic carbocycles. The van der Waals surface area contributed by atoms with Gasteiger partial charge in [0.1, 0.15) is 29.5 Å². The molecule has 1 amide bonds. The first-order valence-electron chi connectivity index (χ1n) is 13.0. The molecule has 0 aliphatic rings. The van der Waals surface area contributed by atoms with Crippen LogP contribution < -0.4 is 20.3 Å². The van der Waals surface area contributed by atoms with Gasteiger partial charge in [0, 0.05) is 36.5 Å². The van der Waals surface area contributed by atoms with E-state index in [1.807, 2.05) is 0 Å². The first kappa shape index (κ1) is 28.5. The van der Waals surface area contributed by atoms with Crippen molar-refractivity contribution in [3.8, 4) is 22.9 Å². The van der Waals surface area contributed by atoms with Crippen molar-refractivity contribution in [1.82, 2.24) is 14.3 Å². The Morgan fingerprint density at radius 2 is 1.76 bits per heavy atom. The number of aliphatic hydroxyl groups is 1. The Morgan fingerprint density at radius 1 is 1.02 bits per heavy atom. The Labute approximate surface area is 239 Å². The summed E-state index contributed by atoms with van der Waals surface area (Å²) in [6.45, 7) is 4.98. The van der Waals surface area contributed by atoms with Crippen LogP contribution >= 0.6 is 0 Å². The van der Waals surface area contributed by atoms with Crippen molar-refractivity contribution in [2.45, 2.75) is 26.4 Å². The SMILES string of the molecule is Cc1c(C(=O)Nc2ccc(Oc3ccnc4cc(OCC(C)(C)O)ccc34)c(F)c2)c(=O)n(-c2ccc(F)cc2)n1C. The summed E-state index contributed by atoms with van der Waals surface area (Å²) in [5.41, 5.74) is -0.293. The standard InChI is InChI=1S/C31H28F2N4O5/c1-18-28(30(39)37(36(18)4)21-8-5-19(32)6-9-21)29(38)35-20-7-12-27(24(33)15-20)42-26-13-14-34-25-16-22(10-11-23(25)26)41-17-31(2,3)40/h5-16,40H,17H2,1-4H3,(H,35,38). The number of carbonyl (C=O) groups is 1. The topological polar surface area (TPSA) is 108 Å². The van der Waals surface area contributed by atoms with Crippen LogP contribution in [0.3, 0.4) is 0 Å². The van der Waals surface area contributed by atoms with E-state index in [0.29, 0.717) is 33.8 Å². The zero-order valence-corrected chi connectivity index (χ0v) is 23.3. The van der Waals surface area contributed by atoms with E-state index in [1.165, 1.54) is 52.0 Å². The minimum Gasteiger partial charge on any atom is -0.491 e. The minimum atomic E-state index is -1.00. The zero-order chi connectivity index (χ0) is 30.2. The Hall–Kier alpha value is -5.03.